The third-order valence-corrected chi connectivity index (χ3v) is 6.42. The van der Waals surface area contributed by atoms with Crippen LogP contribution >= 0.6 is 0 Å². The van der Waals surface area contributed by atoms with Crippen molar-refractivity contribution in [1.82, 2.24) is 0 Å². The molecular weight excluding hydrogens is 825 g/mol. The van der Waals surface area contributed by atoms with Crippen LogP contribution < -0.4 is 28.4 Å². The van der Waals surface area contributed by atoms with Crippen molar-refractivity contribution < 1.29 is 66.7 Å². The maximum absolute atomic E-state index is 10.9. The van der Waals surface area contributed by atoms with E-state index in [2.05, 4.69) is 48.9 Å². The molecule has 0 saturated carbocycles. The van der Waals surface area contributed by atoms with Gasteiger partial charge in [-0.25, -0.2) is 28.8 Å². The molecule has 4 aromatic carbocycles. The van der Waals surface area contributed by atoms with Crippen molar-refractivity contribution in [2.45, 2.75) is 43.6 Å². The topological polar surface area (TPSA) is 176 Å². The van der Waals surface area contributed by atoms with Crippen molar-refractivity contribution >= 4 is 35.8 Å². The Hall–Kier alpha value is -8.26. The summed E-state index contributed by atoms with van der Waals surface area (Å²) in [6, 6.07) is 27.0. The molecule has 0 aliphatic carbocycles. The van der Waals surface area contributed by atoms with Gasteiger partial charge in [-0.15, -0.1) is 0 Å². The molecule has 0 amide bonds. The van der Waals surface area contributed by atoms with Crippen LogP contribution in [0.25, 0.3) is 0 Å². The molecule has 0 aliphatic rings. The van der Waals surface area contributed by atoms with Crippen LogP contribution in [0.3, 0.4) is 0 Å². The number of aryl methyl sites for hydroxylation is 2. The van der Waals surface area contributed by atoms with E-state index in [4.69, 9.17) is 28.4 Å². The second-order valence-corrected chi connectivity index (χ2v) is 10.9. The van der Waals surface area contributed by atoms with Crippen LogP contribution in [0.5, 0.6) is 34.5 Å². The summed E-state index contributed by atoms with van der Waals surface area (Å²) in [6.45, 7) is 23.4. The molecule has 0 radical (unpaired) electrons. The second-order valence-electron chi connectivity index (χ2n) is 10.9. The van der Waals surface area contributed by atoms with Crippen LogP contribution in [0.4, 0.5) is 0 Å². The van der Waals surface area contributed by atoms with E-state index >= 15 is 0 Å². The maximum atomic E-state index is 10.9. The molecule has 64 heavy (non-hydrogen) atoms. The van der Waals surface area contributed by atoms with Crippen molar-refractivity contribution in [3.63, 3.8) is 0 Å². The Morgan fingerprint density at radius 3 is 0.719 bits per heavy atom. The van der Waals surface area contributed by atoms with Gasteiger partial charge in [-0.05, 0) is 86.6 Å². The van der Waals surface area contributed by atoms with Crippen LogP contribution in [-0.2, 0) is 38.2 Å². The third kappa shape index (κ3) is 29.0. The number of benzene rings is 4. The Labute approximate surface area is 377 Å². The van der Waals surface area contributed by atoms with E-state index in [1.54, 1.807) is 0 Å². The second kappa shape index (κ2) is 36.6. The lowest BCUT2D eigenvalue weighted by molar-refractivity contribution is -0.145. The summed E-state index contributed by atoms with van der Waals surface area (Å²) in [5.41, 5.74) is 2.31. The van der Waals surface area contributed by atoms with Gasteiger partial charge in [0.15, 0.2) is 0 Å². The number of hydrogen-bond donors (Lipinski definition) is 0. The molecule has 0 N–H and O–H groups in total. The van der Waals surface area contributed by atoms with Gasteiger partial charge in [0.05, 0.1) is 0 Å². The van der Waals surface area contributed by atoms with E-state index in [1.165, 1.54) is 48.5 Å². The molecule has 0 saturated heterocycles. The lowest BCUT2D eigenvalue weighted by Crippen LogP contribution is -2.07. The number of carbonyl (C=O) groups is 6. The molecule has 0 unspecified atom stereocenters. The zero-order valence-electron chi connectivity index (χ0n) is 33.1. The summed E-state index contributed by atoms with van der Waals surface area (Å²) in [7, 11) is 0. The van der Waals surface area contributed by atoms with Gasteiger partial charge in [0.1, 0.15) is 34.5 Å². The first-order chi connectivity index (χ1) is 28.7. The fourth-order valence-electron chi connectivity index (χ4n) is 3.48. The van der Waals surface area contributed by atoms with E-state index < -0.39 is 35.8 Å². The number of esters is 6. The molecule has 14 heteroatoms. The molecule has 4 aromatic rings. The molecule has 4 rings (SSSR count). The molecular formula is C50H60O14. The number of ether oxygens (including phenoxy) is 8. The lowest BCUT2D eigenvalue weighted by atomic mass is 10.2. The van der Waals surface area contributed by atoms with Gasteiger partial charge in [0.25, 0.3) is 0 Å². The smallest absolute Gasteiger partial charge is 0.335 e. The largest absolute Gasteiger partial charge is 0.457 e. The normalized spacial score (nSPS) is 8.53. The van der Waals surface area contributed by atoms with Gasteiger partial charge in [0, 0.05) is 36.5 Å². The average Bonchev–Trinajstić information content (AvgIpc) is 3.26. The summed E-state index contributed by atoms with van der Waals surface area (Å²) < 4.78 is 38.9. The van der Waals surface area contributed by atoms with E-state index in [9.17, 15) is 28.8 Å². The number of rotatable bonds is 16. The Morgan fingerprint density at radius 1 is 0.344 bits per heavy atom. The van der Waals surface area contributed by atoms with Crippen LogP contribution in [0.2, 0.25) is 0 Å². The van der Waals surface area contributed by atoms with Crippen molar-refractivity contribution in [1.29, 1.82) is 0 Å². The van der Waals surface area contributed by atoms with Gasteiger partial charge in [-0.3, -0.25) is 0 Å². The maximum Gasteiger partial charge on any atom is 0.335 e. The molecule has 344 valence electrons. The summed E-state index contributed by atoms with van der Waals surface area (Å²) in [5, 5.41) is 0. The zero-order valence-corrected chi connectivity index (χ0v) is 33.1. The molecule has 0 aromatic heterocycles. The predicted molar refractivity (Wildman–Crippen MR) is 249 cm³/mol. The Kier molecular flexibility index (Phi) is 35.7. The third-order valence-electron chi connectivity index (χ3n) is 6.42. The first-order valence-corrected chi connectivity index (χ1v) is 17.3. The summed E-state index contributed by atoms with van der Waals surface area (Å²) in [5.74, 6) is -0.411. The van der Waals surface area contributed by atoms with Crippen LogP contribution in [-0.4, -0.2) is 49.4 Å². The van der Waals surface area contributed by atoms with Gasteiger partial charge in [0.2, 0.25) is 13.6 Å². The highest BCUT2D eigenvalue weighted by Crippen LogP contribution is 2.19. The van der Waals surface area contributed by atoms with Gasteiger partial charge in [-0.2, -0.15) is 0 Å². The SMILES string of the molecule is C.C.C.C.C=CC(=O)OCOc1ccc(C)cc1.C=CC(=O)OCOc1ccc(C)cc1.C=CC(=O)Oc1ccc(OC(=O)C=C)cc1.C=CC(=O)Oc1ccc(OC(=O)C=C)cc1. The van der Waals surface area contributed by atoms with Gasteiger partial charge < -0.3 is 37.9 Å². The highest BCUT2D eigenvalue weighted by atomic mass is 16.7. The molecule has 0 atom stereocenters. The lowest BCUT2D eigenvalue weighted by Gasteiger charge is -2.05. The predicted octanol–water partition coefficient (Wildman–Crippen LogP) is 10.4. The minimum atomic E-state index is -0.546. The van der Waals surface area contributed by atoms with Gasteiger partial charge in [-0.1, -0.05) is 105 Å². The quantitative estimate of drug-likeness (QED) is 0.0449. The van der Waals surface area contributed by atoms with Crippen molar-refractivity contribution in [2.75, 3.05) is 13.6 Å². The van der Waals surface area contributed by atoms with E-state index in [0.717, 1.165) is 47.6 Å². The standard InChI is InChI=1S/2C12H10O4.2C11H12O3.4CH4/c2*1-3-11(13)15-9-5-7-10(8-6-9)16-12(14)4-2;2*1-3-11(12)14-8-13-10-6-4-9(2)5-7-10;;;;/h2*3-8H,1-2H2;2*3-7H,1,8H2,2H3;4*1H4. The van der Waals surface area contributed by atoms with E-state index in [0.29, 0.717) is 34.5 Å². The summed E-state index contributed by atoms with van der Waals surface area (Å²) in [6.07, 6.45) is 6.44. The molecule has 0 bridgehead atoms. The minimum Gasteiger partial charge on any atom is -0.457 e. The highest BCUT2D eigenvalue weighted by Gasteiger charge is 2.04. The van der Waals surface area contributed by atoms with Crippen LogP contribution in [0, 0.1) is 13.8 Å². The van der Waals surface area contributed by atoms with E-state index in [1.807, 2.05) is 62.4 Å². The summed E-state index contributed by atoms with van der Waals surface area (Å²) in [4.78, 5) is 64.7. The number of carbonyl (C=O) groups excluding carboxylic acids is 6. The Bertz CT molecular complexity index is 1830. The minimum absolute atomic E-state index is 0. The average molecular weight is 885 g/mol. The zero-order chi connectivity index (χ0) is 44.7. The Morgan fingerprint density at radius 2 is 0.531 bits per heavy atom. The molecule has 0 fully saturated rings. The van der Waals surface area contributed by atoms with Crippen molar-refractivity contribution in [2.24, 2.45) is 0 Å². The van der Waals surface area contributed by atoms with Crippen LogP contribution in [0.15, 0.2) is 173 Å². The molecule has 0 aliphatic heterocycles. The summed E-state index contributed by atoms with van der Waals surface area (Å²) >= 11 is 0. The highest BCUT2D eigenvalue weighted by molar-refractivity contribution is 5.85. The fourth-order valence-corrected chi connectivity index (χ4v) is 3.48. The van der Waals surface area contributed by atoms with Crippen molar-refractivity contribution in [3.8, 4) is 34.5 Å². The molecule has 14 nitrogen and oxygen atoms in total. The number of hydrogen-bond acceptors (Lipinski definition) is 14. The van der Waals surface area contributed by atoms with Gasteiger partial charge >= 0.3 is 35.8 Å². The monoisotopic (exact) mass is 884 g/mol. The first kappa shape index (κ1) is 62.4. The fraction of sp³-hybridized carbons (Fsp3) is 0.160. The van der Waals surface area contributed by atoms with Crippen LogP contribution in [0.1, 0.15) is 40.8 Å². The molecule has 0 heterocycles. The Balaban J connectivity index is -0.000000368. The first-order valence-electron chi connectivity index (χ1n) is 17.3. The van der Waals surface area contributed by atoms with Crippen molar-refractivity contribution in [3.05, 3.63) is 184 Å². The van der Waals surface area contributed by atoms with E-state index in [-0.39, 0.29) is 43.3 Å². The molecule has 0 spiro atoms.